The van der Waals surface area contributed by atoms with Crippen molar-refractivity contribution in [1.82, 2.24) is 0 Å². The Bertz CT molecular complexity index is 536. The molecule has 4 nitrogen and oxygen atoms in total. The molecule has 0 atom stereocenters. The highest BCUT2D eigenvalue weighted by Crippen LogP contribution is 2.41. The highest BCUT2D eigenvalue weighted by atomic mass is 19.1. The van der Waals surface area contributed by atoms with Crippen LogP contribution in [0.3, 0.4) is 0 Å². The van der Waals surface area contributed by atoms with Gasteiger partial charge in [-0.05, 0) is 37.5 Å². The molecule has 0 saturated heterocycles. The van der Waals surface area contributed by atoms with E-state index in [0.717, 1.165) is 38.2 Å². The number of amides is 1. The van der Waals surface area contributed by atoms with Gasteiger partial charge in [0, 0.05) is 5.41 Å². The maximum atomic E-state index is 13.8. The van der Waals surface area contributed by atoms with Crippen molar-refractivity contribution < 1.29 is 19.1 Å². The van der Waals surface area contributed by atoms with E-state index >= 15 is 0 Å². The molecule has 1 amide bonds. The summed E-state index contributed by atoms with van der Waals surface area (Å²) in [6, 6.07) is 3.51. The SMILES string of the molecule is CCC1(C(=O)Nc2ccc(C(=O)O)cc2F)CCCC1. The molecule has 0 aliphatic heterocycles. The normalized spacial score (nSPS) is 16.9. The summed E-state index contributed by atoms with van der Waals surface area (Å²) in [4.78, 5) is 23.1. The fourth-order valence-electron chi connectivity index (χ4n) is 2.80. The number of rotatable bonds is 4. The van der Waals surface area contributed by atoms with E-state index in [2.05, 4.69) is 5.32 Å². The molecular formula is C15H18FNO3. The summed E-state index contributed by atoms with van der Waals surface area (Å²) < 4.78 is 13.8. The van der Waals surface area contributed by atoms with Gasteiger partial charge < -0.3 is 10.4 Å². The van der Waals surface area contributed by atoms with Gasteiger partial charge in [-0.25, -0.2) is 9.18 Å². The Balaban J connectivity index is 2.17. The molecule has 1 aromatic rings. The Morgan fingerprint density at radius 3 is 2.50 bits per heavy atom. The van der Waals surface area contributed by atoms with Crippen molar-refractivity contribution in [3.63, 3.8) is 0 Å². The molecule has 1 aliphatic carbocycles. The molecule has 0 heterocycles. The van der Waals surface area contributed by atoms with Crippen LogP contribution in [0.4, 0.5) is 10.1 Å². The Morgan fingerprint density at radius 1 is 1.35 bits per heavy atom. The van der Waals surface area contributed by atoms with E-state index in [9.17, 15) is 14.0 Å². The summed E-state index contributed by atoms with van der Waals surface area (Å²) >= 11 is 0. The summed E-state index contributed by atoms with van der Waals surface area (Å²) in [6.45, 7) is 1.97. The average molecular weight is 279 g/mol. The van der Waals surface area contributed by atoms with Crippen molar-refractivity contribution in [2.45, 2.75) is 39.0 Å². The molecule has 2 N–H and O–H groups in total. The highest BCUT2D eigenvalue weighted by molar-refractivity contribution is 5.96. The molecule has 108 valence electrons. The summed E-state index contributed by atoms with van der Waals surface area (Å²) in [7, 11) is 0. The molecule has 0 aromatic heterocycles. The van der Waals surface area contributed by atoms with Crippen molar-refractivity contribution in [3.05, 3.63) is 29.6 Å². The van der Waals surface area contributed by atoms with E-state index in [1.54, 1.807) is 0 Å². The fraction of sp³-hybridized carbons (Fsp3) is 0.467. The van der Waals surface area contributed by atoms with Gasteiger partial charge in [-0.15, -0.1) is 0 Å². The maximum absolute atomic E-state index is 13.8. The van der Waals surface area contributed by atoms with Gasteiger partial charge in [0.05, 0.1) is 11.3 Å². The highest BCUT2D eigenvalue weighted by Gasteiger charge is 2.39. The molecule has 1 saturated carbocycles. The van der Waals surface area contributed by atoms with Crippen LogP contribution in [-0.4, -0.2) is 17.0 Å². The maximum Gasteiger partial charge on any atom is 0.335 e. The number of hydrogen-bond acceptors (Lipinski definition) is 2. The zero-order chi connectivity index (χ0) is 14.8. The van der Waals surface area contributed by atoms with Crippen molar-refractivity contribution in [1.29, 1.82) is 0 Å². The minimum Gasteiger partial charge on any atom is -0.478 e. The van der Waals surface area contributed by atoms with Gasteiger partial charge in [0.25, 0.3) is 0 Å². The first-order valence-corrected chi connectivity index (χ1v) is 6.83. The summed E-state index contributed by atoms with van der Waals surface area (Å²) in [5, 5.41) is 11.4. The minimum absolute atomic E-state index is 0.0414. The Labute approximate surface area is 117 Å². The summed E-state index contributed by atoms with van der Waals surface area (Å²) in [5.41, 5.74) is -0.496. The molecule has 0 spiro atoms. The number of carbonyl (C=O) groups excluding carboxylic acids is 1. The average Bonchev–Trinajstić information content (AvgIpc) is 2.90. The van der Waals surface area contributed by atoms with Crippen LogP contribution in [-0.2, 0) is 4.79 Å². The lowest BCUT2D eigenvalue weighted by atomic mass is 9.82. The number of aromatic carboxylic acids is 1. The molecule has 20 heavy (non-hydrogen) atoms. The van der Waals surface area contributed by atoms with E-state index in [0.29, 0.717) is 0 Å². The van der Waals surface area contributed by atoms with Gasteiger partial charge in [-0.1, -0.05) is 19.8 Å². The number of nitrogens with one attached hydrogen (secondary N) is 1. The molecule has 0 radical (unpaired) electrons. The molecule has 1 aliphatic rings. The number of carbonyl (C=O) groups is 2. The number of carboxylic acid groups (broad SMARTS) is 1. The van der Waals surface area contributed by atoms with Crippen LogP contribution >= 0.6 is 0 Å². The van der Waals surface area contributed by atoms with Gasteiger partial charge in [-0.3, -0.25) is 4.79 Å². The lowest BCUT2D eigenvalue weighted by molar-refractivity contribution is -0.125. The van der Waals surface area contributed by atoms with Crippen molar-refractivity contribution in [3.8, 4) is 0 Å². The van der Waals surface area contributed by atoms with Crippen LogP contribution in [0.25, 0.3) is 0 Å². The third kappa shape index (κ3) is 2.66. The number of carboxylic acids is 1. The van der Waals surface area contributed by atoms with E-state index in [-0.39, 0.29) is 17.2 Å². The Morgan fingerprint density at radius 2 is 2.00 bits per heavy atom. The molecule has 0 unspecified atom stereocenters. The van der Waals surface area contributed by atoms with E-state index in [1.807, 2.05) is 6.92 Å². The number of benzene rings is 1. The molecule has 2 rings (SSSR count). The second-order valence-electron chi connectivity index (χ2n) is 5.29. The third-order valence-electron chi connectivity index (χ3n) is 4.18. The Hall–Kier alpha value is -1.91. The predicted octanol–water partition coefficient (Wildman–Crippen LogP) is 3.43. The second kappa shape index (κ2) is 5.61. The van der Waals surface area contributed by atoms with Crippen LogP contribution in [0, 0.1) is 11.2 Å². The van der Waals surface area contributed by atoms with Crippen LogP contribution in [0.5, 0.6) is 0 Å². The van der Waals surface area contributed by atoms with Gasteiger partial charge in [0.1, 0.15) is 5.82 Å². The topological polar surface area (TPSA) is 66.4 Å². The fourth-order valence-corrected chi connectivity index (χ4v) is 2.80. The zero-order valence-corrected chi connectivity index (χ0v) is 11.4. The summed E-state index contributed by atoms with van der Waals surface area (Å²) in [5.74, 6) is -2.08. The predicted molar refractivity (Wildman–Crippen MR) is 73.2 cm³/mol. The minimum atomic E-state index is -1.19. The lowest BCUT2D eigenvalue weighted by Crippen LogP contribution is -2.33. The second-order valence-corrected chi connectivity index (χ2v) is 5.29. The first kappa shape index (κ1) is 14.5. The molecule has 0 bridgehead atoms. The molecule has 5 heteroatoms. The van der Waals surface area contributed by atoms with Crippen molar-refractivity contribution in [2.24, 2.45) is 5.41 Å². The van der Waals surface area contributed by atoms with Crippen molar-refractivity contribution in [2.75, 3.05) is 5.32 Å². The molecular weight excluding hydrogens is 261 g/mol. The van der Waals surface area contributed by atoms with Crippen LogP contribution in [0.15, 0.2) is 18.2 Å². The largest absolute Gasteiger partial charge is 0.478 e. The van der Waals surface area contributed by atoms with Crippen molar-refractivity contribution >= 4 is 17.6 Å². The summed E-state index contributed by atoms with van der Waals surface area (Å²) in [6.07, 6.45) is 4.41. The van der Waals surface area contributed by atoms with Gasteiger partial charge in [0.15, 0.2) is 0 Å². The Kier molecular flexibility index (Phi) is 4.06. The van der Waals surface area contributed by atoms with E-state index in [4.69, 9.17) is 5.11 Å². The van der Waals surface area contributed by atoms with E-state index in [1.165, 1.54) is 12.1 Å². The third-order valence-corrected chi connectivity index (χ3v) is 4.18. The molecule has 1 aromatic carbocycles. The molecule has 1 fully saturated rings. The zero-order valence-electron chi connectivity index (χ0n) is 11.4. The van der Waals surface area contributed by atoms with E-state index < -0.39 is 17.2 Å². The first-order valence-electron chi connectivity index (χ1n) is 6.83. The quantitative estimate of drug-likeness (QED) is 0.887. The van der Waals surface area contributed by atoms with Crippen LogP contribution in [0.1, 0.15) is 49.4 Å². The number of halogens is 1. The standard InChI is InChI=1S/C15H18FNO3/c1-2-15(7-3-4-8-15)14(20)17-12-6-5-10(13(18)19)9-11(12)16/h5-6,9H,2-4,7-8H2,1H3,(H,17,20)(H,18,19). The monoisotopic (exact) mass is 279 g/mol. The lowest BCUT2D eigenvalue weighted by Gasteiger charge is -2.26. The van der Waals surface area contributed by atoms with Crippen LogP contribution in [0.2, 0.25) is 0 Å². The first-order chi connectivity index (χ1) is 9.48. The van der Waals surface area contributed by atoms with Gasteiger partial charge in [-0.2, -0.15) is 0 Å². The number of hydrogen-bond donors (Lipinski definition) is 2. The smallest absolute Gasteiger partial charge is 0.335 e. The van der Waals surface area contributed by atoms with Gasteiger partial charge >= 0.3 is 5.97 Å². The number of anilines is 1. The van der Waals surface area contributed by atoms with Crippen LogP contribution < -0.4 is 5.32 Å². The van der Waals surface area contributed by atoms with Gasteiger partial charge in [0.2, 0.25) is 5.91 Å².